The molecule has 0 fully saturated rings. The van der Waals surface area contributed by atoms with E-state index in [0.29, 0.717) is 17.1 Å². The lowest BCUT2D eigenvalue weighted by Gasteiger charge is -2.35. The lowest BCUT2D eigenvalue weighted by molar-refractivity contribution is -0.217. The van der Waals surface area contributed by atoms with Gasteiger partial charge in [0.2, 0.25) is 0 Å². The van der Waals surface area contributed by atoms with E-state index in [-0.39, 0.29) is 0 Å². The third-order valence-corrected chi connectivity index (χ3v) is 3.97. The number of methoxy groups -OCH3 is 1. The van der Waals surface area contributed by atoms with Crippen LogP contribution >= 0.6 is 0 Å². The second-order valence-corrected chi connectivity index (χ2v) is 5.80. The third-order valence-electron chi connectivity index (χ3n) is 3.97. The Balaban J connectivity index is 2.10. The Bertz CT molecular complexity index is 808. The lowest BCUT2D eigenvalue weighted by Crippen LogP contribution is -2.55. The highest BCUT2D eigenvalue weighted by Crippen LogP contribution is 2.35. The summed E-state index contributed by atoms with van der Waals surface area (Å²) < 4.78 is 16.8. The van der Waals surface area contributed by atoms with E-state index in [4.69, 9.17) is 14.2 Å². The fraction of sp³-hybridized carbons (Fsp3) is 0.136. The summed E-state index contributed by atoms with van der Waals surface area (Å²) in [7, 11) is 1.22. The fourth-order valence-electron chi connectivity index (χ4n) is 2.65. The average Bonchev–Trinajstić information content (AvgIpc) is 2.74. The molecule has 0 radical (unpaired) electrons. The van der Waals surface area contributed by atoms with Gasteiger partial charge in [0, 0.05) is 0 Å². The van der Waals surface area contributed by atoms with Crippen molar-refractivity contribution in [3.8, 4) is 11.5 Å². The van der Waals surface area contributed by atoms with Crippen molar-refractivity contribution in [3.05, 3.63) is 96.6 Å². The molecule has 5 heteroatoms. The molecule has 3 aromatic carbocycles. The van der Waals surface area contributed by atoms with Gasteiger partial charge in [-0.05, 0) is 29.8 Å². The quantitative estimate of drug-likeness (QED) is 0.511. The molecule has 0 heterocycles. The van der Waals surface area contributed by atoms with E-state index in [1.165, 1.54) is 7.11 Å². The Labute approximate surface area is 157 Å². The topological polar surface area (TPSA) is 65.0 Å². The predicted octanol–water partition coefficient (Wildman–Crippen LogP) is 3.75. The van der Waals surface area contributed by atoms with E-state index < -0.39 is 17.9 Å². The molecule has 0 bridgehead atoms. The first kappa shape index (κ1) is 18.5. The summed E-state index contributed by atoms with van der Waals surface area (Å²) >= 11 is 0. The SMILES string of the molecule is COC(=O)C(Oc1ccccc1)(Oc1ccccc1)C(O)c1ccccc1. The minimum atomic E-state index is -2.13. The van der Waals surface area contributed by atoms with Crippen LogP contribution in [-0.2, 0) is 9.53 Å². The number of esters is 1. The molecule has 138 valence electrons. The van der Waals surface area contributed by atoms with Crippen LogP contribution < -0.4 is 9.47 Å². The number of carbonyl (C=O) groups excluding carboxylic acids is 1. The molecule has 0 spiro atoms. The molecule has 0 amide bonds. The zero-order valence-electron chi connectivity index (χ0n) is 14.8. The summed E-state index contributed by atoms with van der Waals surface area (Å²) in [5.41, 5.74) is 0.453. The van der Waals surface area contributed by atoms with Crippen LogP contribution in [0, 0.1) is 0 Å². The highest BCUT2D eigenvalue weighted by Gasteiger charge is 2.53. The fourth-order valence-corrected chi connectivity index (χ4v) is 2.65. The summed E-state index contributed by atoms with van der Waals surface area (Å²) in [6, 6.07) is 26.0. The van der Waals surface area contributed by atoms with E-state index in [2.05, 4.69) is 0 Å². The average molecular weight is 364 g/mol. The number of rotatable bonds is 7. The van der Waals surface area contributed by atoms with Gasteiger partial charge in [-0.2, -0.15) is 0 Å². The van der Waals surface area contributed by atoms with Gasteiger partial charge in [0.15, 0.2) is 6.10 Å². The van der Waals surface area contributed by atoms with Crippen molar-refractivity contribution in [2.24, 2.45) is 0 Å². The van der Waals surface area contributed by atoms with Gasteiger partial charge in [0.25, 0.3) is 0 Å². The summed E-state index contributed by atoms with van der Waals surface area (Å²) in [5.74, 6) is -2.27. The van der Waals surface area contributed by atoms with E-state index in [1.54, 1.807) is 72.8 Å². The molecule has 0 saturated heterocycles. The van der Waals surface area contributed by atoms with Crippen LogP contribution in [0.15, 0.2) is 91.0 Å². The van der Waals surface area contributed by atoms with Crippen LogP contribution in [-0.4, -0.2) is 24.0 Å². The van der Waals surface area contributed by atoms with Crippen molar-refractivity contribution in [3.63, 3.8) is 0 Å². The molecule has 5 nitrogen and oxygen atoms in total. The number of ether oxygens (including phenoxy) is 3. The predicted molar refractivity (Wildman–Crippen MR) is 100 cm³/mol. The van der Waals surface area contributed by atoms with Gasteiger partial charge in [-0.1, -0.05) is 66.7 Å². The molecule has 1 N–H and O–H groups in total. The van der Waals surface area contributed by atoms with Crippen LogP contribution in [0.3, 0.4) is 0 Å². The van der Waals surface area contributed by atoms with Crippen molar-refractivity contribution < 1.29 is 24.1 Å². The molecule has 0 aliphatic rings. The van der Waals surface area contributed by atoms with Crippen LogP contribution in [0.4, 0.5) is 0 Å². The molecule has 0 aliphatic carbocycles. The van der Waals surface area contributed by atoms with Crippen LogP contribution in [0.2, 0.25) is 0 Å². The van der Waals surface area contributed by atoms with Gasteiger partial charge >= 0.3 is 11.8 Å². The molecule has 0 saturated carbocycles. The number of hydrogen-bond donors (Lipinski definition) is 1. The number of hydrogen-bond acceptors (Lipinski definition) is 5. The highest BCUT2D eigenvalue weighted by molar-refractivity contribution is 5.80. The normalized spacial score (nSPS) is 12.1. The highest BCUT2D eigenvalue weighted by atomic mass is 16.7. The first-order chi connectivity index (χ1) is 13.2. The number of benzene rings is 3. The molecule has 0 aliphatic heterocycles. The molecule has 1 atom stereocenters. The van der Waals surface area contributed by atoms with E-state index in [9.17, 15) is 9.90 Å². The zero-order valence-corrected chi connectivity index (χ0v) is 14.8. The van der Waals surface area contributed by atoms with Crippen molar-refractivity contribution in [2.45, 2.75) is 11.9 Å². The van der Waals surface area contributed by atoms with E-state index in [1.807, 2.05) is 18.2 Å². The first-order valence-corrected chi connectivity index (χ1v) is 8.45. The van der Waals surface area contributed by atoms with Crippen LogP contribution in [0.5, 0.6) is 11.5 Å². The van der Waals surface area contributed by atoms with Gasteiger partial charge in [-0.25, -0.2) is 4.79 Å². The third kappa shape index (κ3) is 4.10. The summed E-state index contributed by atoms with van der Waals surface area (Å²) in [5, 5.41) is 11.1. The second-order valence-electron chi connectivity index (χ2n) is 5.80. The minimum Gasteiger partial charge on any atom is -0.463 e. The largest absolute Gasteiger partial charge is 0.463 e. The Morgan fingerprint density at radius 1 is 0.778 bits per heavy atom. The van der Waals surface area contributed by atoms with Crippen molar-refractivity contribution in [1.82, 2.24) is 0 Å². The minimum absolute atomic E-state index is 0.355. The van der Waals surface area contributed by atoms with Gasteiger partial charge in [-0.15, -0.1) is 0 Å². The van der Waals surface area contributed by atoms with Crippen molar-refractivity contribution >= 4 is 5.97 Å². The molecule has 3 rings (SSSR count). The van der Waals surface area contributed by atoms with Crippen LogP contribution in [0.1, 0.15) is 11.7 Å². The maximum atomic E-state index is 12.8. The molecule has 3 aromatic rings. The van der Waals surface area contributed by atoms with E-state index >= 15 is 0 Å². The molecule has 1 unspecified atom stereocenters. The number of para-hydroxylation sites is 2. The van der Waals surface area contributed by atoms with Gasteiger partial charge in [-0.3, -0.25) is 0 Å². The van der Waals surface area contributed by atoms with Gasteiger partial charge in [0.05, 0.1) is 7.11 Å². The number of carbonyl (C=O) groups is 1. The lowest BCUT2D eigenvalue weighted by atomic mass is 10.0. The standard InChI is InChI=1S/C22H20O5/c1-25-21(24)22(26-18-13-7-3-8-14-18,27-19-15-9-4-10-16-19)20(23)17-11-5-2-6-12-17/h2-16,20,23H,1H3. The Morgan fingerprint density at radius 2 is 1.19 bits per heavy atom. The number of aliphatic hydroxyl groups is 1. The first-order valence-electron chi connectivity index (χ1n) is 8.45. The Morgan fingerprint density at radius 3 is 1.59 bits per heavy atom. The second kappa shape index (κ2) is 8.38. The zero-order chi connectivity index (χ0) is 19.1. The molecule has 0 aromatic heterocycles. The summed E-state index contributed by atoms with van der Waals surface area (Å²) in [4.78, 5) is 12.8. The maximum Gasteiger partial charge on any atom is 0.396 e. The molecular formula is C22H20O5. The van der Waals surface area contributed by atoms with Gasteiger partial charge in [0.1, 0.15) is 11.5 Å². The van der Waals surface area contributed by atoms with Crippen molar-refractivity contribution in [1.29, 1.82) is 0 Å². The Hall–Kier alpha value is -3.31. The van der Waals surface area contributed by atoms with Crippen molar-refractivity contribution in [2.75, 3.05) is 7.11 Å². The number of aliphatic hydroxyl groups excluding tert-OH is 1. The van der Waals surface area contributed by atoms with Crippen LogP contribution in [0.25, 0.3) is 0 Å². The Kier molecular flexibility index (Phi) is 5.74. The maximum absolute atomic E-state index is 12.8. The molecule has 27 heavy (non-hydrogen) atoms. The smallest absolute Gasteiger partial charge is 0.396 e. The van der Waals surface area contributed by atoms with E-state index in [0.717, 1.165) is 0 Å². The van der Waals surface area contributed by atoms with Gasteiger partial charge < -0.3 is 19.3 Å². The summed E-state index contributed by atoms with van der Waals surface area (Å²) in [6.45, 7) is 0. The molecular weight excluding hydrogens is 344 g/mol. The summed E-state index contributed by atoms with van der Waals surface area (Å²) in [6.07, 6.45) is -1.44. The monoisotopic (exact) mass is 364 g/mol.